The third kappa shape index (κ3) is 1.53. The third-order valence-electron chi connectivity index (χ3n) is 3.38. The van der Waals surface area contributed by atoms with Crippen molar-refractivity contribution in [2.75, 3.05) is 11.9 Å². The number of amides is 1. The lowest BCUT2D eigenvalue weighted by atomic mass is 10.0. The van der Waals surface area contributed by atoms with Crippen LogP contribution >= 0.6 is 0 Å². The summed E-state index contributed by atoms with van der Waals surface area (Å²) in [4.78, 5) is 24.5. The number of ketones is 1. The van der Waals surface area contributed by atoms with Crippen LogP contribution in [0.4, 0.5) is 10.5 Å². The van der Waals surface area contributed by atoms with E-state index in [2.05, 4.69) is 0 Å². The molecular weight excluding hydrogens is 242 g/mol. The molecule has 1 N–H and O–H groups in total. The molecular formula is C15H11NO3. The van der Waals surface area contributed by atoms with Gasteiger partial charge in [-0.2, -0.15) is 0 Å². The highest BCUT2D eigenvalue weighted by Crippen LogP contribution is 2.42. The van der Waals surface area contributed by atoms with Crippen LogP contribution < -0.4 is 4.90 Å². The topological polar surface area (TPSA) is 57.6 Å². The van der Waals surface area contributed by atoms with Gasteiger partial charge in [-0.15, -0.1) is 0 Å². The maximum absolute atomic E-state index is 12.3. The van der Waals surface area contributed by atoms with Gasteiger partial charge in [0.25, 0.3) is 0 Å². The van der Waals surface area contributed by atoms with E-state index in [1.165, 1.54) is 7.05 Å². The fourth-order valence-electron chi connectivity index (χ4n) is 2.44. The summed E-state index contributed by atoms with van der Waals surface area (Å²) in [5.41, 5.74) is 3.22. The predicted molar refractivity (Wildman–Crippen MR) is 71.7 cm³/mol. The number of carboxylic acid groups (broad SMARTS) is 1. The van der Waals surface area contributed by atoms with Crippen molar-refractivity contribution in [2.45, 2.75) is 0 Å². The largest absolute Gasteiger partial charge is 0.465 e. The Morgan fingerprint density at radius 2 is 1.63 bits per heavy atom. The van der Waals surface area contributed by atoms with Gasteiger partial charge in [0, 0.05) is 23.7 Å². The van der Waals surface area contributed by atoms with E-state index in [4.69, 9.17) is 5.11 Å². The van der Waals surface area contributed by atoms with Crippen LogP contribution in [0.25, 0.3) is 11.1 Å². The molecule has 0 saturated heterocycles. The van der Waals surface area contributed by atoms with Gasteiger partial charge in [0.15, 0.2) is 5.78 Å². The zero-order valence-electron chi connectivity index (χ0n) is 10.3. The summed E-state index contributed by atoms with van der Waals surface area (Å²) in [7, 11) is 1.48. The Labute approximate surface area is 109 Å². The van der Waals surface area contributed by atoms with Crippen molar-refractivity contribution in [3.8, 4) is 11.1 Å². The van der Waals surface area contributed by atoms with Gasteiger partial charge in [0.2, 0.25) is 0 Å². The minimum absolute atomic E-state index is 0.0498. The van der Waals surface area contributed by atoms with Gasteiger partial charge in [-0.05, 0) is 11.6 Å². The van der Waals surface area contributed by atoms with Crippen molar-refractivity contribution in [3.05, 3.63) is 53.6 Å². The Hall–Kier alpha value is -2.62. The van der Waals surface area contributed by atoms with Gasteiger partial charge >= 0.3 is 6.09 Å². The fourth-order valence-corrected chi connectivity index (χ4v) is 2.44. The van der Waals surface area contributed by atoms with Crippen LogP contribution in [-0.4, -0.2) is 24.0 Å². The summed E-state index contributed by atoms with van der Waals surface area (Å²) in [6, 6.07) is 12.4. The van der Waals surface area contributed by atoms with Crippen molar-refractivity contribution >= 4 is 17.6 Å². The quantitative estimate of drug-likeness (QED) is 0.725. The monoisotopic (exact) mass is 253 g/mol. The van der Waals surface area contributed by atoms with E-state index in [1.54, 1.807) is 24.3 Å². The fraction of sp³-hybridized carbons (Fsp3) is 0.0667. The highest BCUT2D eigenvalue weighted by atomic mass is 16.4. The van der Waals surface area contributed by atoms with Gasteiger partial charge < -0.3 is 5.11 Å². The minimum atomic E-state index is -1.05. The molecule has 1 aliphatic rings. The number of benzene rings is 2. The van der Waals surface area contributed by atoms with E-state index < -0.39 is 6.09 Å². The standard InChI is InChI=1S/C15H11NO3/c1-16(15(18)19)12-8-4-7-11-13(12)9-5-2-3-6-10(9)14(11)17/h2-8H,1H3,(H,18,19). The molecule has 0 aliphatic heterocycles. The Morgan fingerprint density at radius 1 is 1.00 bits per heavy atom. The zero-order chi connectivity index (χ0) is 13.6. The number of fused-ring (bicyclic) bond motifs is 3. The first-order chi connectivity index (χ1) is 9.11. The summed E-state index contributed by atoms with van der Waals surface area (Å²) in [5, 5.41) is 9.12. The molecule has 19 heavy (non-hydrogen) atoms. The first-order valence-corrected chi connectivity index (χ1v) is 5.85. The number of anilines is 1. The summed E-state index contributed by atoms with van der Waals surface area (Å²) in [5.74, 6) is -0.0498. The van der Waals surface area contributed by atoms with Crippen LogP contribution in [0.2, 0.25) is 0 Å². The number of carbonyl (C=O) groups is 2. The van der Waals surface area contributed by atoms with Crippen molar-refractivity contribution < 1.29 is 14.7 Å². The lowest BCUT2D eigenvalue weighted by molar-refractivity contribution is 0.104. The second-order valence-corrected chi connectivity index (χ2v) is 4.42. The number of carbonyl (C=O) groups excluding carboxylic acids is 1. The van der Waals surface area contributed by atoms with Crippen LogP contribution in [0.3, 0.4) is 0 Å². The molecule has 0 spiro atoms. The molecule has 2 aromatic rings. The van der Waals surface area contributed by atoms with E-state index in [0.717, 1.165) is 10.5 Å². The predicted octanol–water partition coefficient (Wildman–Crippen LogP) is 3.01. The molecule has 0 fully saturated rings. The summed E-state index contributed by atoms with van der Waals surface area (Å²) in [6.07, 6.45) is -1.05. The average Bonchev–Trinajstić information content (AvgIpc) is 2.72. The van der Waals surface area contributed by atoms with E-state index in [9.17, 15) is 9.59 Å². The molecule has 1 aliphatic carbocycles. The highest BCUT2D eigenvalue weighted by Gasteiger charge is 2.30. The average molecular weight is 253 g/mol. The molecule has 0 heterocycles. The van der Waals surface area contributed by atoms with Crippen LogP contribution in [0.1, 0.15) is 15.9 Å². The molecule has 4 nitrogen and oxygen atoms in total. The van der Waals surface area contributed by atoms with Gasteiger partial charge in [-0.25, -0.2) is 4.79 Å². The van der Waals surface area contributed by atoms with Crippen molar-refractivity contribution in [1.82, 2.24) is 0 Å². The number of hydrogen-bond acceptors (Lipinski definition) is 2. The van der Waals surface area contributed by atoms with E-state index in [-0.39, 0.29) is 5.78 Å². The SMILES string of the molecule is CN(C(=O)O)c1cccc2c1-c1ccccc1C2=O. The number of hydrogen-bond donors (Lipinski definition) is 1. The number of rotatable bonds is 1. The van der Waals surface area contributed by atoms with Gasteiger partial charge in [-0.3, -0.25) is 9.69 Å². The van der Waals surface area contributed by atoms with Crippen molar-refractivity contribution in [3.63, 3.8) is 0 Å². The van der Waals surface area contributed by atoms with E-state index in [1.807, 2.05) is 18.2 Å². The van der Waals surface area contributed by atoms with Gasteiger partial charge in [-0.1, -0.05) is 36.4 Å². The van der Waals surface area contributed by atoms with E-state index in [0.29, 0.717) is 22.4 Å². The van der Waals surface area contributed by atoms with Crippen LogP contribution in [0.5, 0.6) is 0 Å². The molecule has 4 heteroatoms. The maximum atomic E-state index is 12.3. The van der Waals surface area contributed by atoms with Crippen molar-refractivity contribution in [1.29, 1.82) is 0 Å². The zero-order valence-corrected chi connectivity index (χ0v) is 10.3. The maximum Gasteiger partial charge on any atom is 0.411 e. The van der Waals surface area contributed by atoms with Gasteiger partial charge in [0.05, 0.1) is 5.69 Å². The first kappa shape index (κ1) is 11.5. The highest BCUT2D eigenvalue weighted by molar-refractivity contribution is 6.24. The van der Waals surface area contributed by atoms with Crippen molar-refractivity contribution in [2.24, 2.45) is 0 Å². The molecule has 0 unspecified atom stereocenters. The lowest BCUT2D eigenvalue weighted by Crippen LogP contribution is -2.24. The second kappa shape index (κ2) is 3.95. The molecule has 0 radical (unpaired) electrons. The normalized spacial score (nSPS) is 11.9. The molecule has 0 atom stereocenters. The molecule has 3 rings (SSSR count). The van der Waals surface area contributed by atoms with Crippen LogP contribution in [0, 0.1) is 0 Å². The third-order valence-corrected chi connectivity index (χ3v) is 3.38. The molecule has 0 bridgehead atoms. The lowest BCUT2D eigenvalue weighted by Gasteiger charge is -2.17. The minimum Gasteiger partial charge on any atom is -0.465 e. The summed E-state index contributed by atoms with van der Waals surface area (Å²) in [6.45, 7) is 0. The Balaban J connectivity index is 2.31. The molecule has 1 amide bonds. The molecule has 2 aromatic carbocycles. The molecule has 0 aromatic heterocycles. The van der Waals surface area contributed by atoms with Crippen LogP contribution in [-0.2, 0) is 0 Å². The summed E-state index contributed by atoms with van der Waals surface area (Å²) >= 11 is 0. The Bertz CT molecular complexity index is 706. The van der Waals surface area contributed by atoms with E-state index >= 15 is 0 Å². The second-order valence-electron chi connectivity index (χ2n) is 4.42. The number of nitrogens with zero attached hydrogens (tertiary/aromatic N) is 1. The molecule has 94 valence electrons. The first-order valence-electron chi connectivity index (χ1n) is 5.85. The van der Waals surface area contributed by atoms with Gasteiger partial charge in [0.1, 0.15) is 0 Å². The summed E-state index contributed by atoms with van der Waals surface area (Å²) < 4.78 is 0. The smallest absolute Gasteiger partial charge is 0.411 e. The molecule has 0 saturated carbocycles. The Morgan fingerprint density at radius 3 is 2.32 bits per heavy atom. The van der Waals surface area contributed by atoms with Crippen LogP contribution in [0.15, 0.2) is 42.5 Å². The Kier molecular flexibility index (Phi) is 2.38.